The molecule has 6 aromatic rings. The van der Waals surface area contributed by atoms with E-state index in [-0.39, 0.29) is 30.2 Å². The van der Waals surface area contributed by atoms with Gasteiger partial charge in [0.15, 0.2) is 0 Å². The van der Waals surface area contributed by atoms with Crippen LogP contribution in [0.2, 0.25) is 32.7 Å². The van der Waals surface area contributed by atoms with E-state index in [1.54, 1.807) is 28.9 Å². The van der Waals surface area contributed by atoms with E-state index in [9.17, 15) is 0 Å². The fraction of sp³-hybridized carbons (Fsp3) is 0.348. The standard InChI is InChI=1S/C25H29.C19H21Si.C2H6Si.2ClH.Zr/c1-17(2)19-11-13-21(14-12-19)24-6-4-5-22-15-23(16-25(22)24)20-9-7-18(3)8-10-20;1-14-12-16-6-5-7-18(19(16)13-14)15-8-10-17(11-9-15)20(2,3)4;1-3-2;;;/h4-6,11-18,20H,7-10H2,1-3H3;5-13H,1-4H3;1-2H3;2*1H;/q2*-1;;;;+2/p-2. The summed E-state index contributed by atoms with van der Waals surface area (Å²) in [5, 5.41) is 7.06. The summed E-state index contributed by atoms with van der Waals surface area (Å²) in [6.45, 7) is 20.9. The van der Waals surface area contributed by atoms with Crippen molar-refractivity contribution in [3.05, 3.63) is 126 Å². The molecule has 0 aromatic heterocycles. The average molecular weight is 827 g/mol. The van der Waals surface area contributed by atoms with Crippen molar-refractivity contribution in [2.45, 2.75) is 97.9 Å². The monoisotopic (exact) mass is 824 g/mol. The molecular weight excluding hydrogens is 771 g/mol. The summed E-state index contributed by atoms with van der Waals surface area (Å²) < 4.78 is 0. The third-order valence-electron chi connectivity index (χ3n) is 10.1. The number of halogens is 2. The Hall–Kier alpha value is -2.00. The Kier molecular flexibility index (Phi) is 16.5. The number of benzene rings is 4. The molecule has 1 fully saturated rings. The fourth-order valence-electron chi connectivity index (χ4n) is 7.17. The van der Waals surface area contributed by atoms with E-state index in [4.69, 9.17) is 0 Å². The Morgan fingerprint density at radius 1 is 0.686 bits per heavy atom. The molecule has 1 aliphatic carbocycles. The van der Waals surface area contributed by atoms with Crippen molar-refractivity contribution in [3.63, 3.8) is 0 Å². The van der Waals surface area contributed by atoms with Gasteiger partial charge in [0.25, 0.3) is 0 Å². The van der Waals surface area contributed by atoms with Gasteiger partial charge in [-0.1, -0.05) is 137 Å². The summed E-state index contributed by atoms with van der Waals surface area (Å²) in [6.07, 6.45) is 5.48. The second-order valence-electron chi connectivity index (χ2n) is 16.0. The summed E-state index contributed by atoms with van der Waals surface area (Å²) in [7, 11) is -1.21. The van der Waals surface area contributed by atoms with Gasteiger partial charge < -0.3 is 24.8 Å². The van der Waals surface area contributed by atoms with Crippen LogP contribution in [-0.4, -0.2) is 13.5 Å². The van der Waals surface area contributed by atoms with Gasteiger partial charge >= 0.3 is 41.9 Å². The number of hydrogen-bond donors (Lipinski definition) is 0. The van der Waals surface area contributed by atoms with Gasteiger partial charge in [-0.25, -0.2) is 0 Å². The zero-order valence-electron chi connectivity index (χ0n) is 32.2. The van der Waals surface area contributed by atoms with Gasteiger partial charge in [0.1, 0.15) is 0 Å². The van der Waals surface area contributed by atoms with Crippen LogP contribution in [0.3, 0.4) is 0 Å². The molecule has 0 bridgehead atoms. The predicted molar refractivity (Wildman–Crippen MR) is 220 cm³/mol. The Bertz CT molecular complexity index is 1980. The molecule has 268 valence electrons. The van der Waals surface area contributed by atoms with Crippen LogP contribution >= 0.6 is 0 Å². The summed E-state index contributed by atoms with van der Waals surface area (Å²) >= 11 is 1.74. The zero-order valence-corrected chi connectivity index (χ0v) is 38.2. The maximum Gasteiger partial charge on any atom is 0.0775 e. The Morgan fingerprint density at radius 2 is 1.16 bits per heavy atom. The molecule has 51 heavy (non-hydrogen) atoms. The van der Waals surface area contributed by atoms with Crippen LogP contribution in [-0.2, 0) is 23.3 Å². The van der Waals surface area contributed by atoms with E-state index in [1.165, 1.54) is 85.8 Å². The Labute approximate surface area is 337 Å². The summed E-state index contributed by atoms with van der Waals surface area (Å²) in [4.78, 5) is 0. The normalized spacial score (nSPS) is 15.6. The maximum absolute atomic E-state index is 2.47. The second kappa shape index (κ2) is 19.4. The van der Waals surface area contributed by atoms with E-state index in [0.29, 0.717) is 5.92 Å². The third kappa shape index (κ3) is 11.5. The van der Waals surface area contributed by atoms with E-state index in [0.717, 1.165) is 11.8 Å². The quantitative estimate of drug-likeness (QED) is 0.125. The molecule has 6 aromatic carbocycles. The SMILES string of the molecule is CC1CCC(c2cc3c(-c4ccc(C(C)C)cc4)cccc3[cH-]2)CC1.C[Si](C)=[Zr+2].Cc1cc2c(-c3ccc([Si](C)(C)C)cc3)cccc2[cH-]1.[Cl-].[Cl-]. The van der Waals surface area contributed by atoms with Crippen molar-refractivity contribution >= 4 is 40.2 Å². The van der Waals surface area contributed by atoms with Gasteiger partial charge in [-0.3, -0.25) is 0 Å². The van der Waals surface area contributed by atoms with E-state index in [2.05, 4.69) is 170 Å². The van der Waals surface area contributed by atoms with Gasteiger partial charge in [-0.15, -0.1) is 69.1 Å². The predicted octanol–water partition coefficient (Wildman–Crippen LogP) is 7.51. The van der Waals surface area contributed by atoms with Crippen LogP contribution < -0.4 is 30.0 Å². The first-order chi connectivity index (χ1) is 23.3. The minimum Gasteiger partial charge on any atom is -1.00 e. The minimum absolute atomic E-state index is 0. The van der Waals surface area contributed by atoms with Gasteiger partial charge in [0, 0.05) is 0 Å². The van der Waals surface area contributed by atoms with E-state index < -0.39 is 8.07 Å². The molecule has 7 rings (SSSR count). The summed E-state index contributed by atoms with van der Waals surface area (Å²) in [6, 6.07) is 41.2. The summed E-state index contributed by atoms with van der Waals surface area (Å²) in [5.41, 5.74) is 9.91. The molecule has 1 saturated carbocycles. The summed E-state index contributed by atoms with van der Waals surface area (Å²) in [5.74, 6) is 2.26. The number of fused-ring (bicyclic) bond motifs is 2. The number of aryl methyl sites for hydroxylation is 1. The Balaban J connectivity index is 0.000000245. The largest absolute Gasteiger partial charge is 1.00 e. The fourth-order valence-corrected chi connectivity index (χ4v) is 8.34. The smallest absolute Gasteiger partial charge is 0.0775 e. The molecular formula is C46H56Cl2Si2Zr-2. The van der Waals surface area contributed by atoms with Crippen molar-refractivity contribution in [1.29, 1.82) is 0 Å². The van der Waals surface area contributed by atoms with Crippen LogP contribution in [0.4, 0.5) is 0 Å². The van der Waals surface area contributed by atoms with Crippen molar-refractivity contribution < 1.29 is 48.1 Å². The molecule has 1 aliphatic rings. The Morgan fingerprint density at radius 3 is 1.65 bits per heavy atom. The van der Waals surface area contributed by atoms with Crippen LogP contribution in [0.15, 0.2) is 109 Å². The van der Waals surface area contributed by atoms with E-state index in [1.807, 2.05) is 0 Å². The van der Waals surface area contributed by atoms with Gasteiger partial charge in [0.05, 0.1) is 8.07 Å². The van der Waals surface area contributed by atoms with Crippen LogP contribution in [0, 0.1) is 12.8 Å². The van der Waals surface area contributed by atoms with E-state index >= 15 is 0 Å². The molecule has 0 heterocycles. The van der Waals surface area contributed by atoms with Crippen molar-refractivity contribution in [1.82, 2.24) is 0 Å². The van der Waals surface area contributed by atoms with Crippen LogP contribution in [0.25, 0.3) is 43.8 Å². The minimum atomic E-state index is -1.21. The zero-order chi connectivity index (χ0) is 35.3. The molecule has 0 radical (unpaired) electrons. The first-order valence-corrected chi connectivity index (χ1v) is 28.1. The molecule has 0 atom stereocenters. The molecule has 5 heteroatoms. The molecule has 0 N–H and O–H groups in total. The number of rotatable bonds is 5. The topological polar surface area (TPSA) is 0 Å². The van der Waals surface area contributed by atoms with Crippen LogP contribution in [0.1, 0.15) is 75.0 Å². The van der Waals surface area contributed by atoms with Gasteiger partial charge in [-0.05, 0) is 47.3 Å². The van der Waals surface area contributed by atoms with Gasteiger partial charge in [-0.2, -0.15) is 12.1 Å². The second-order valence-corrected chi connectivity index (χ2v) is 30.5. The third-order valence-corrected chi connectivity index (χ3v) is 12.2. The molecule has 0 nitrogen and oxygen atoms in total. The maximum atomic E-state index is 2.47. The van der Waals surface area contributed by atoms with Crippen LogP contribution in [0.5, 0.6) is 0 Å². The molecule has 0 spiro atoms. The van der Waals surface area contributed by atoms with Gasteiger partial charge in [0.2, 0.25) is 0 Å². The van der Waals surface area contributed by atoms with Crippen molar-refractivity contribution in [2.75, 3.05) is 0 Å². The first-order valence-electron chi connectivity index (χ1n) is 18.4. The molecule has 0 aliphatic heterocycles. The first kappa shape index (κ1) is 43.4. The molecule has 0 amide bonds. The molecule has 0 saturated heterocycles. The van der Waals surface area contributed by atoms with Crippen molar-refractivity contribution in [2.24, 2.45) is 5.92 Å². The average Bonchev–Trinajstić information content (AvgIpc) is 3.68. The van der Waals surface area contributed by atoms with Crippen molar-refractivity contribution in [3.8, 4) is 22.3 Å². The molecule has 0 unspecified atom stereocenters. The number of hydrogen-bond acceptors (Lipinski definition) is 0.